The molecule has 102 valence electrons. The van der Waals surface area contributed by atoms with Crippen molar-refractivity contribution in [2.45, 2.75) is 20.4 Å². The van der Waals surface area contributed by atoms with Crippen LogP contribution in [0.3, 0.4) is 0 Å². The highest BCUT2D eigenvalue weighted by Gasteiger charge is 2.13. The number of halogens is 1. The molecular weight excluding hydrogens is 282 g/mol. The van der Waals surface area contributed by atoms with Gasteiger partial charge in [-0.05, 0) is 44.3 Å². The first-order chi connectivity index (χ1) is 9.06. The molecule has 1 aromatic carbocycles. The molecule has 0 saturated heterocycles. The number of carbonyl (C=O) groups excluding carboxylic acids is 1. The van der Waals surface area contributed by atoms with Crippen LogP contribution in [-0.4, -0.2) is 33.4 Å². The number of carbonyl (C=O) groups is 1. The molecule has 0 radical (unpaired) electrons. The molecule has 2 rings (SSSR count). The lowest BCUT2D eigenvalue weighted by atomic mass is 10.3. The fourth-order valence-electron chi connectivity index (χ4n) is 2.10. The van der Waals surface area contributed by atoms with Crippen LogP contribution >= 0.6 is 23.8 Å². The average Bonchev–Trinajstić information content (AvgIpc) is 2.66. The maximum Gasteiger partial charge on any atom is 0.242 e. The number of imidazole rings is 1. The summed E-state index contributed by atoms with van der Waals surface area (Å²) in [5.74, 6) is 0.0666. The van der Waals surface area contributed by atoms with E-state index in [1.807, 2.05) is 30.5 Å². The Morgan fingerprint density at radius 1 is 1.42 bits per heavy atom. The minimum absolute atomic E-state index is 0.0666. The number of H-pyrrole nitrogens is 1. The predicted molar refractivity (Wildman–Crippen MR) is 80.1 cm³/mol. The topological polar surface area (TPSA) is 41.0 Å². The molecular formula is C13H16ClN3OS. The molecule has 0 spiro atoms. The Morgan fingerprint density at radius 3 is 2.74 bits per heavy atom. The number of nitrogens with zero attached hydrogens (tertiary/aromatic N) is 2. The third kappa shape index (κ3) is 2.82. The first kappa shape index (κ1) is 14.1. The molecule has 0 unspecified atom stereocenters. The van der Waals surface area contributed by atoms with Gasteiger partial charge in [-0.15, -0.1) is 0 Å². The quantitative estimate of drug-likeness (QED) is 0.880. The number of benzene rings is 1. The van der Waals surface area contributed by atoms with E-state index in [2.05, 4.69) is 4.98 Å². The van der Waals surface area contributed by atoms with Gasteiger partial charge in [0.2, 0.25) is 5.91 Å². The molecule has 0 atom stereocenters. The fourth-order valence-corrected chi connectivity index (χ4v) is 2.55. The van der Waals surface area contributed by atoms with Crippen molar-refractivity contribution in [1.29, 1.82) is 0 Å². The van der Waals surface area contributed by atoms with E-state index in [0.717, 1.165) is 11.0 Å². The van der Waals surface area contributed by atoms with Crippen LogP contribution < -0.4 is 0 Å². The van der Waals surface area contributed by atoms with Crippen LogP contribution in [0, 0.1) is 4.77 Å². The smallest absolute Gasteiger partial charge is 0.242 e. The van der Waals surface area contributed by atoms with E-state index in [9.17, 15) is 4.79 Å². The van der Waals surface area contributed by atoms with E-state index in [1.165, 1.54) is 0 Å². The largest absolute Gasteiger partial charge is 0.342 e. The van der Waals surface area contributed by atoms with Crippen molar-refractivity contribution in [2.24, 2.45) is 0 Å². The first-order valence-electron chi connectivity index (χ1n) is 6.22. The summed E-state index contributed by atoms with van der Waals surface area (Å²) >= 11 is 11.2. The monoisotopic (exact) mass is 297 g/mol. The van der Waals surface area contributed by atoms with Crippen molar-refractivity contribution in [3.05, 3.63) is 28.0 Å². The lowest BCUT2D eigenvalue weighted by molar-refractivity contribution is -0.131. The lowest BCUT2D eigenvalue weighted by Crippen LogP contribution is -2.33. The van der Waals surface area contributed by atoms with Crippen LogP contribution in [0.15, 0.2) is 18.2 Å². The zero-order valence-electron chi connectivity index (χ0n) is 10.9. The molecule has 4 nitrogen and oxygen atoms in total. The summed E-state index contributed by atoms with van der Waals surface area (Å²) in [7, 11) is 0. The van der Waals surface area contributed by atoms with Gasteiger partial charge in [0.05, 0.1) is 11.0 Å². The molecule has 0 saturated carbocycles. The van der Waals surface area contributed by atoms with Gasteiger partial charge in [-0.1, -0.05) is 11.6 Å². The maximum absolute atomic E-state index is 12.2. The number of hydrogen-bond acceptors (Lipinski definition) is 2. The molecule has 1 aromatic heterocycles. The standard InChI is InChI=1S/C13H16ClN3OS/c1-3-16(4-2)12(18)8-17-11-6-5-9(14)7-10(11)15-13(17)19/h5-7H,3-4,8H2,1-2H3,(H,15,19). The minimum Gasteiger partial charge on any atom is -0.342 e. The Hall–Kier alpha value is -1.33. The molecule has 0 aliphatic carbocycles. The van der Waals surface area contributed by atoms with Crippen LogP contribution in [0.2, 0.25) is 5.02 Å². The second kappa shape index (κ2) is 5.75. The van der Waals surface area contributed by atoms with Crippen molar-refractivity contribution in [1.82, 2.24) is 14.5 Å². The highest BCUT2D eigenvalue weighted by Crippen LogP contribution is 2.19. The van der Waals surface area contributed by atoms with Crippen molar-refractivity contribution in [2.75, 3.05) is 13.1 Å². The van der Waals surface area contributed by atoms with Gasteiger partial charge in [0.1, 0.15) is 6.54 Å². The molecule has 1 heterocycles. The zero-order chi connectivity index (χ0) is 14.0. The Kier molecular flexibility index (Phi) is 4.27. The van der Waals surface area contributed by atoms with Crippen molar-refractivity contribution in [3.8, 4) is 0 Å². The third-order valence-corrected chi connectivity index (χ3v) is 3.70. The number of nitrogens with one attached hydrogen (secondary N) is 1. The van der Waals surface area contributed by atoms with Gasteiger partial charge < -0.3 is 14.5 Å². The second-order valence-electron chi connectivity index (χ2n) is 4.24. The summed E-state index contributed by atoms with van der Waals surface area (Å²) < 4.78 is 2.35. The van der Waals surface area contributed by atoms with Crippen LogP contribution in [-0.2, 0) is 11.3 Å². The summed E-state index contributed by atoms with van der Waals surface area (Å²) in [6, 6.07) is 5.48. The molecule has 0 aliphatic rings. The summed E-state index contributed by atoms with van der Waals surface area (Å²) in [5, 5.41) is 0.644. The normalized spacial score (nSPS) is 10.9. The van der Waals surface area contributed by atoms with Crippen molar-refractivity contribution in [3.63, 3.8) is 0 Å². The maximum atomic E-state index is 12.2. The Balaban J connectivity index is 2.38. The number of hydrogen-bond donors (Lipinski definition) is 1. The SMILES string of the molecule is CCN(CC)C(=O)Cn1c(=S)[nH]c2cc(Cl)ccc21. The zero-order valence-corrected chi connectivity index (χ0v) is 12.5. The van der Waals surface area contributed by atoms with Gasteiger partial charge in [-0.3, -0.25) is 4.79 Å². The van der Waals surface area contributed by atoms with Crippen LogP contribution in [0.4, 0.5) is 0 Å². The summed E-state index contributed by atoms with van der Waals surface area (Å²) in [4.78, 5) is 17.0. The number of amides is 1. The summed E-state index contributed by atoms with van der Waals surface area (Å²) in [6.07, 6.45) is 0. The lowest BCUT2D eigenvalue weighted by Gasteiger charge is -2.18. The molecule has 19 heavy (non-hydrogen) atoms. The number of aromatic amines is 1. The van der Waals surface area contributed by atoms with E-state index in [4.69, 9.17) is 23.8 Å². The van der Waals surface area contributed by atoms with Gasteiger partial charge in [0.25, 0.3) is 0 Å². The number of aromatic nitrogens is 2. The van der Waals surface area contributed by atoms with Crippen molar-refractivity contribution < 1.29 is 4.79 Å². The Bertz CT molecular complexity index is 657. The van der Waals surface area contributed by atoms with Gasteiger partial charge in [-0.2, -0.15) is 0 Å². The van der Waals surface area contributed by atoms with Gasteiger partial charge in [-0.25, -0.2) is 0 Å². The number of fused-ring (bicyclic) bond motifs is 1. The Labute approximate surface area is 122 Å². The molecule has 0 bridgehead atoms. The summed E-state index contributed by atoms with van der Waals surface area (Å²) in [6.45, 7) is 5.60. The van der Waals surface area contributed by atoms with E-state index in [1.54, 1.807) is 11.0 Å². The molecule has 0 fully saturated rings. The highest BCUT2D eigenvalue weighted by atomic mass is 35.5. The first-order valence-corrected chi connectivity index (χ1v) is 7.01. The van der Waals surface area contributed by atoms with Crippen molar-refractivity contribution >= 4 is 40.8 Å². The van der Waals surface area contributed by atoms with Gasteiger partial charge >= 0.3 is 0 Å². The molecule has 6 heteroatoms. The predicted octanol–water partition coefficient (Wildman–Crippen LogP) is 3.22. The highest BCUT2D eigenvalue weighted by molar-refractivity contribution is 7.71. The number of rotatable bonds is 4. The van der Waals surface area contributed by atoms with Gasteiger partial charge in [0.15, 0.2) is 4.77 Å². The second-order valence-corrected chi connectivity index (χ2v) is 5.07. The van der Waals surface area contributed by atoms with Gasteiger partial charge in [0, 0.05) is 18.1 Å². The molecule has 1 N–H and O–H groups in total. The Morgan fingerprint density at radius 2 is 2.11 bits per heavy atom. The average molecular weight is 298 g/mol. The minimum atomic E-state index is 0.0666. The summed E-state index contributed by atoms with van der Waals surface area (Å²) in [5.41, 5.74) is 1.75. The van der Waals surface area contributed by atoms with Crippen LogP contribution in [0.5, 0.6) is 0 Å². The van der Waals surface area contributed by atoms with E-state index < -0.39 is 0 Å². The molecule has 0 aliphatic heterocycles. The fraction of sp³-hybridized carbons (Fsp3) is 0.385. The van der Waals surface area contributed by atoms with Crippen LogP contribution in [0.25, 0.3) is 11.0 Å². The van der Waals surface area contributed by atoms with E-state index >= 15 is 0 Å². The van der Waals surface area contributed by atoms with E-state index in [0.29, 0.717) is 22.9 Å². The van der Waals surface area contributed by atoms with E-state index in [-0.39, 0.29) is 12.5 Å². The number of likely N-dealkylation sites (N-methyl/N-ethyl adjacent to an activating group) is 1. The molecule has 2 aromatic rings. The third-order valence-electron chi connectivity index (χ3n) is 3.15. The van der Waals surface area contributed by atoms with Crippen LogP contribution in [0.1, 0.15) is 13.8 Å². The molecule has 1 amide bonds.